The maximum Gasteiger partial charge on any atom is 0.253 e. The van der Waals surface area contributed by atoms with Gasteiger partial charge in [-0.3, -0.25) is 4.79 Å². The zero-order chi connectivity index (χ0) is 14.9. The zero-order valence-corrected chi connectivity index (χ0v) is 12.6. The predicted octanol–water partition coefficient (Wildman–Crippen LogP) is 1.58. The molecule has 0 radical (unpaired) electrons. The van der Waals surface area contributed by atoms with E-state index in [2.05, 4.69) is 18.7 Å². The van der Waals surface area contributed by atoms with E-state index >= 15 is 0 Å². The quantitative estimate of drug-likeness (QED) is 0.834. The molecule has 1 saturated heterocycles. The molecular formula is C15H23N3O2. The van der Waals surface area contributed by atoms with Gasteiger partial charge in [0, 0.05) is 32.7 Å². The van der Waals surface area contributed by atoms with E-state index in [1.54, 1.807) is 25.1 Å². The van der Waals surface area contributed by atoms with Gasteiger partial charge in [-0.15, -0.1) is 0 Å². The summed E-state index contributed by atoms with van der Waals surface area (Å²) in [7, 11) is 3.47. The van der Waals surface area contributed by atoms with Crippen molar-refractivity contribution in [2.24, 2.45) is 0 Å². The molecule has 0 saturated carbocycles. The number of ether oxygens (including phenoxy) is 1. The summed E-state index contributed by atoms with van der Waals surface area (Å²) in [6.45, 7) is 5.75. The van der Waals surface area contributed by atoms with E-state index in [0.29, 0.717) is 11.3 Å². The number of nitrogens with two attached hydrogens (primary N) is 1. The van der Waals surface area contributed by atoms with E-state index in [1.807, 2.05) is 12.1 Å². The van der Waals surface area contributed by atoms with Crippen molar-refractivity contribution in [2.75, 3.05) is 37.8 Å². The minimum atomic E-state index is -0.0352. The molecule has 1 heterocycles. The first-order chi connectivity index (χ1) is 9.38. The van der Waals surface area contributed by atoms with Crippen molar-refractivity contribution in [3.8, 4) is 0 Å². The number of hydrogen-bond donors (Lipinski definition) is 1. The molecule has 0 spiro atoms. The smallest absolute Gasteiger partial charge is 0.253 e. The van der Waals surface area contributed by atoms with Crippen molar-refractivity contribution in [1.82, 2.24) is 4.90 Å². The first kappa shape index (κ1) is 14.7. The summed E-state index contributed by atoms with van der Waals surface area (Å²) in [5.41, 5.74) is 8.36. The summed E-state index contributed by atoms with van der Waals surface area (Å²) in [5.74, 6) is -0.0352. The monoisotopic (exact) mass is 277 g/mol. The first-order valence-electron chi connectivity index (χ1n) is 6.90. The number of benzene rings is 1. The number of nitrogens with zero attached hydrogens (tertiary/aromatic N) is 2. The maximum absolute atomic E-state index is 11.9. The highest BCUT2D eigenvalue weighted by atomic mass is 16.5. The molecule has 1 aromatic carbocycles. The van der Waals surface area contributed by atoms with Crippen molar-refractivity contribution < 1.29 is 9.53 Å². The number of carbonyl (C=O) groups is 1. The number of carbonyl (C=O) groups excluding carboxylic acids is 1. The van der Waals surface area contributed by atoms with Crippen molar-refractivity contribution >= 4 is 17.3 Å². The van der Waals surface area contributed by atoms with Crippen LogP contribution in [-0.4, -0.2) is 50.2 Å². The van der Waals surface area contributed by atoms with Crippen LogP contribution in [0.2, 0.25) is 0 Å². The number of hydrogen-bond acceptors (Lipinski definition) is 4. The number of nitrogen functional groups attached to an aromatic ring is 1. The fourth-order valence-corrected chi connectivity index (χ4v) is 2.61. The third-order valence-corrected chi connectivity index (χ3v) is 3.44. The summed E-state index contributed by atoms with van der Waals surface area (Å²) in [5, 5.41) is 0. The van der Waals surface area contributed by atoms with E-state index in [0.717, 1.165) is 18.8 Å². The van der Waals surface area contributed by atoms with Crippen LogP contribution in [0.25, 0.3) is 0 Å². The predicted molar refractivity (Wildman–Crippen MR) is 81.1 cm³/mol. The molecule has 2 rings (SSSR count). The molecule has 1 fully saturated rings. The molecule has 5 heteroatoms. The van der Waals surface area contributed by atoms with Crippen molar-refractivity contribution in [3.63, 3.8) is 0 Å². The van der Waals surface area contributed by atoms with Gasteiger partial charge in [-0.25, -0.2) is 0 Å². The maximum atomic E-state index is 11.9. The zero-order valence-electron chi connectivity index (χ0n) is 12.6. The van der Waals surface area contributed by atoms with Gasteiger partial charge in [0.05, 0.1) is 23.6 Å². The van der Waals surface area contributed by atoms with Crippen LogP contribution in [-0.2, 0) is 4.74 Å². The van der Waals surface area contributed by atoms with E-state index < -0.39 is 0 Å². The van der Waals surface area contributed by atoms with E-state index in [4.69, 9.17) is 10.5 Å². The van der Waals surface area contributed by atoms with Crippen LogP contribution in [0, 0.1) is 0 Å². The lowest BCUT2D eigenvalue weighted by molar-refractivity contribution is -0.00517. The molecule has 1 aromatic rings. The molecule has 0 unspecified atom stereocenters. The molecule has 1 aliphatic rings. The summed E-state index contributed by atoms with van der Waals surface area (Å²) < 4.78 is 5.73. The van der Waals surface area contributed by atoms with Crippen LogP contribution >= 0.6 is 0 Å². The van der Waals surface area contributed by atoms with Gasteiger partial charge in [0.2, 0.25) is 0 Å². The van der Waals surface area contributed by atoms with Crippen LogP contribution in [0.4, 0.5) is 11.4 Å². The molecule has 1 amide bonds. The molecule has 20 heavy (non-hydrogen) atoms. The Kier molecular flexibility index (Phi) is 4.18. The lowest BCUT2D eigenvalue weighted by Crippen LogP contribution is -2.45. The van der Waals surface area contributed by atoms with E-state index in [9.17, 15) is 4.79 Å². The summed E-state index contributed by atoms with van der Waals surface area (Å²) >= 11 is 0. The Morgan fingerprint density at radius 3 is 2.40 bits per heavy atom. The highest BCUT2D eigenvalue weighted by Gasteiger charge is 2.24. The normalized spacial score (nSPS) is 22.7. The standard InChI is InChI=1S/C15H23N3O2/c1-10-8-18(9-11(2)20-10)14-6-5-12(7-13(14)16)15(19)17(3)4/h5-7,10-11H,8-9,16H2,1-4H3/t10-,11+. The molecule has 1 aliphatic heterocycles. The molecule has 0 bridgehead atoms. The minimum absolute atomic E-state index is 0.0352. The highest BCUT2D eigenvalue weighted by molar-refractivity contribution is 5.95. The second-order valence-corrected chi connectivity index (χ2v) is 5.64. The fraction of sp³-hybridized carbons (Fsp3) is 0.533. The lowest BCUT2D eigenvalue weighted by Gasteiger charge is -2.37. The Morgan fingerprint density at radius 1 is 1.30 bits per heavy atom. The Hall–Kier alpha value is -1.75. The average molecular weight is 277 g/mol. The van der Waals surface area contributed by atoms with Gasteiger partial charge in [0.25, 0.3) is 5.91 Å². The summed E-state index contributed by atoms with van der Waals surface area (Å²) in [4.78, 5) is 15.7. The second-order valence-electron chi connectivity index (χ2n) is 5.64. The van der Waals surface area contributed by atoms with E-state index in [1.165, 1.54) is 0 Å². The van der Waals surface area contributed by atoms with Crippen LogP contribution in [0.15, 0.2) is 18.2 Å². The van der Waals surface area contributed by atoms with Gasteiger partial charge in [-0.2, -0.15) is 0 Å². The Bertz CT molecular complexity index is 492. The molecule has 110 valence electrons. The number of anilines is 2. The van der Waals surface area contributed by atoms with Gasteiger partial charge < -0.3 is 20.3 Å². The molecular weight excluding hydrogens is 254 g/mol. The third-order valence-electron chi connectivity index (χ3n) is 3.44. The Balaban J connectivity index is 2.23. The lowest BCUT2D eigenvalue weighted by atomic mass is 10.1. The topological polar surface area (TPSA) is 58.8 Å². The van der Waals surface area contributed by atoms with Crippen LogP contribution in [0.3, 0.4) is 0 Å². The van der Waals surface area contributed by atoms with Crippen LogP contribution in [0.5, 0.6) is 0 Å². The molecule has 0 aliphatic carbocycles. The fourth-order valence-electron chi connectivity index (χ4n) is 2.61. The minimum Gasteiger partial charge on any atom is -0.397 e. The molecule has 2 N–H and O–H groups in total. The van der Waals surface area contributed by atoms with Crippen molar-refractivity contribution in [2.45, 2.75) is 26.1 Å². The van der Waals surface area contributed by atoms with Gasteiger partial charge in [0.1, 0.15) is 0 Å². The Labute approximate surface area is 120 Å². The number of rotatable bonds is 2. The molecule has 2 atom stereocenters. The number of amides is 1. The highest BCUT2D eigenvalue weighted by Crippen LogP contribution is 2.27. The first-order valence-corrected chi connectivity index (χ1v) is 6.90. The average Bonchev–Trinajstić information content (AvgIpc) is 2.36. The molecule has 5 nitrogen and oxygen atoms in total. The van der Waals surface area contributed by atoms with Gasteiger partial charge in [-0.1, -0.05) is 0 Å². The Morgan fingerprint density at radius 2 is 1.90 bits per heavy atom. The van der Waals surface area contributed by atoms with Crippen LogP contribution in [0.1, 0.15) is 24.2 Å². The van der Waals surface area contributed by atoms with Crippen LogP contribution < -0.4 is 10.6 Å². The SMILES string of the molecule is C[C@@H]1CN(c2ccc(C(=O)N(C)C)cc2N)C[C@H](C)O1. The van der Waals surface area contributed by atoms with Crippen molar-refractivity contribution in [1.29, 1.82) is 0 Å². The summed E-state index contributed by atoms with van der Waals surface area (Å²) in [6.07, 6.45) is 0.363. The van der Waals surface area contributed by atoms with Crippen molar-refractivity contribution in [3.05, 3.63) is 23.8 Å². The number of morpholine rings is 1. The van der Waals surface area contributed by atoms with Gasteiger partial charge >= 0.3 is 0 Å². The molecule has 0 aromatic heterocycles. The summed E-state index contributed by atoms with van der Waals surface area (Å²) in [6, 6.07) is 5.51. The second kappa shape index (κ2) is 5.71. The van der Waals surface area contributed by atoms with E-state index in [-0.39, 0.29) is 18.1 Å². The van der Waals surface area contributed by atoms with Gasteiger partial charge in [0.15, 0.2) is 0 Å². The van der Waals surface area contributed by atoms with Gasteiger partial charge in [-0.05, 0) is 32.0 Å². The largest absolute Gasteiger partial charge is 0.397 e. The third kappa shape index (κ3) is 3.04.